The Morgan fingerprint density at radius 1 is 1.38 bits per heavy atom. The predicted octanol–water partition coefficient (Wildman–Crippen LogP) is 4.17. The van der Waals surface area contributed by atoms with Gasteiger partial charge < -0.3 is 14.6 Å². The third-order valence-corrected chi connectivity index (χ3v) is 4.14. The van der Waals surface area contributed by atoms with Crippen molar-refractivity contribution in [2.45, 2.75) is 19.9 Å². The van der Waals surface area contributed by atoms with Gasteiger partial charge in [-0.2, -0.15) is 5.10 Å². The van der Waals surface area contributed by atoms with Crippen LogP contribution >= 0.6 is 23.8 Å². The first-order valence-electron chi connectivity index (χ1n) is 7.45. The van der Waals surface area contributed by atoms with Crippen molar-refractivity contribution in [3.63, 3.8) is 0 Å². The van der Waals surface area contributed by atoms with E-state index in [1.165, 1.54) is 0 Å². The summed E-state index contributed by atoms with van der Waals surface area (Å²) in [6, 6.07) is 9.36. The highest BCUT2D eigenvalue weighted by atomic mass is 35.5. The highest BCUT2D eigenvalue weighted by Gasteiger charge is 2.09. The zero-order valence-electron chi connectivity index (χ0n) is 13.3. The number of aromatic amines is 1. The van der Waals surface area contributed by atoms with Crippen LogP contribution in [-0.4, -0.2) is 22.0 Å². The van der Waals surface area contributed by atoms with Crippen molar-refractivity contribution in [3.05, 3.63) is 51.7 Å². The molecular weight excluding hydrogens is 348 g/mol. The van der Waals surface area contributed by atoms with E-state index in [1.807, 2.05) is 37.3 Å². The molecule has 0 unspecified atom stereocenters. The first-order chi connectivity index (χ1) is 11.6. The molecule has 0 fully saturated rings. The van der Waals surface area contributed by atoms with E-state index in [0.717, 1.165) is 29.3 Å². The normalized spacial score (nSPS) is 10.8. The quantitative estimate of drug-likeness (QED) is 0.642. The lowest BCUT2D eigenvalue weighted by atomic mass is 10.2. The van der Waals surface area contributed by atoms with Gasteiger partial charge in [-0.25, -0.2) is 4.68 Å². The highest BCUT2D eigenvalue weighted by Crippen LogP contribution is 2.31. The molecule has 2 heterocycles. The number of rotatable bonds is 6. The fraction of sp³-hybridized carbons (Fsp3) is 0.250. The van der Waals surface area contributed by atoms with Crippen LogP contribution in [0, 0.1) is 4.77 Å². The minimum Gasteiger partial charge on any atom is -0.495 e. The second-order valence-electron chi connectivity index (χ2n) is 5.08. The summed E-state index contributed by atoms with van der Waals surface area (Å²) in [5.41, 5.74) is 4.09. The number of aryl methyl sites for hydroxylation is 1. The van der Waals surface area contributed by atoms with Crippen LogP contribution in [0.4, 0.5) is 0 Å². The van der Waals surface area contributed by atoms with Crippen molar-refractivity contribution in [1.82, 2.24) is 14.9 Å². The Kier molecular flexibility index (Phi) is 4.92. The van der Waals surface area contributed by atoms with Gasteiger partial charge in [-0.1, -0.05) is 18.5 Å². The van der Waals surface area contributed by atoms with Crippen LogP contribution in [-0.2, 0) is 13.0 Å². The van der Waals surface area contributed by atoms with Crippen LogP contribution in [0.5, 0.6) is 5.75 Å². The van der Waals surface area contributed by atoms with E-state index in [-0.39, 0.29) is 0 Å². The standard InChI is InChI=1S/C16H17ClN4O2S/c1-3-15-19-20-16(24)21(15)18-9-11-5-7-13(23-11)10-4-6-14(22-2)12(17)8-10/h4-8,18H,3,9H2,1-2H3,(H,20,24). The summed E-state index contributed by atoms with van der Waals surface area (Å²) in [6.45, 7) is 2.51. The van der Waals surface area contributed by atoms with Crippen molar-refractivity contribution in [1.29, 1.82) is 0 Å². The molecule has 3 rings (SSSR count). The minimum atomic E-state index is 0.491. The molecule has 1 aromatic carbocycles. The Labute approximate surface area is 149 Å². The third kappa shape index (κ3) is 3.32. The predicted molar refractivity (Wildman–Crippen MR) is 95.6 cm³/mol. The van der Waals surface area contributed by atoms with E-state index in [9.17, 15) is 0 Å². The molecule has 0 amide bonds. The van der Waals surface area contributed by atoms with Gasteiger partial charge >= 0.3 is 0 Å². The fourth-order valence-electron chi connectivity index (χ4n) is 2.33. The molecule has 0 saturated heterocycles. The molecule has 2 N–H and O–H groups in total. The summed E-state index contributed by atoms with van der Waals surface area (Å²) in [5, 5.41) is 7.46. The summed E-state index contributed by atoms with van der Waals surface area (Å²) in [7, 11) is 1.59. The molecule has 0 aliphatic heterocycles. The average Bonchev–Trinajstić information content (AvgIpc) is 3.19. The Hall–Kier alpha value is -2.25. The Morgan fingerprint density at radius 2 is 2.21 bits per heavy atom. The lowest BCUT2D eigenvalue weighted by Gasteiger charge is -2.07. The van der Waals surface area contributed by atoms with Gasteiger partial charge in [-0.3, -0.25) is 5.10 Å². The Bertz CT molecular complexity index is 900. The van der Waals surface area contributed by atoms with E-state index in [0.29, 0.717) is 22.1 Å². The molecule has 24 heavy (non-hydrogen) atoms. The molecule has 8 heteroatoms. The lowest BCUT2D eigenvalue weighted by Crippen LogP contribution is -2.16. The molecule has 0 atom stereocenters. The largest absolute Gasteiger partial charge is 0.495 e. The zero-order chi connectivity index (χ0) is 17.1. The summed E-state index contributed by atoms with van der Waals surface area (Å²) in [4.78, 5) is 0. The smallest absolute Gasteiger partial charge is 0.214 e. The molecule has 0 bridgehead atoms. The van der Waals surface area contributed by atoms with Crippen molar-refractivity contribution in [2.24, 2.45) is 0 Å². The number of nitrogens with zero attached hydrogens (tertiary/aromatic N) is 2. The fourth-order valence-corrected chi connectivity index (χ4v) is 2.81. The van der Waals surface area contributed by atoms with Crippen LogP contribution in [0.25, 0.3) is 11.3 Å². The molecular formula is C16H17ClN4O2S. The first kappa shape index (κ1) is 16.6. The van der Waals surface area contributed by atoms with Crippen molar-refractivity contribution in [3.8, 4) is 17.1 Å². The van der Waals surface area contributed by atoms with Gasteiger partial charge in [0.15, 0.2) is 5.82 Å². The number of ether oxygens (including phenoxy) is 1. The Morgan fingerprint density at radius 3 is 2.92 bits per heavy atom. The molecule has 0 saturated carbocycles. The Balaban J connectivity index is 1.75. The molecule has 0 aliphatic carbocycles. The summed E-state index contributed by atoms with van der Waals surface area (Å²) >= 11 is 11.4. The maximum absolute atomic E-state index is 6.16. The van der Waals surface area contributed by atoms with Gasteiger partial charge in [0.25, 0.3) is 0 Å². The van der Waals surface area contributed by atoms with Crippen LogP contribution in [0.15, 0.2) is 34.7 Å². The lowest BCUT2D eigenvalue weighted by molar-refractivity contribution is 0.415. The number of nitrogens with one attached hydrogen (secondary N) is 2. The molecule has 3 aromatic rings. The number of hydrogen-bond donors (Lipinski definition) is 2. The maximum Gasteiger partial charge on any atom is 0.214 e. The van der Waals surface area contributed by atoms with E-state index in [4.69, 9.17) is 33.0 Å². The van der Waals surface area contributed by atoms with E-state index in [2.05, 4.69) is 15.6 Å². The SMILES string of the molecule is CCc1n[nH]c(=S)n1NCc1ccc(-c2ccc(OC)c(Cl)c2)o1. The highest BCUT2D eigenvalue weighted by molar-refractivity contribution is 7.71. The molecule has 0 radical (unpaired) electrons. The van der Waals surface area contributed by atoms with E-state index >= 15 is 0 Å². The molecule has 0 aliphatic rings. The summed E-state index contributed by atoms with van der Waals surface area (Å²) < 4.78 is 13.3. The van der Waals surface area contributed by atoms with Crippen LogP contribution < -0.4 is 10.2 Å². The second kappa shape index (κ2) is 7.11. The number of hydrogen-bond acceptors (Lipinski definition) is 5. The van der Waals surface area contributed by atoms with Gasteiger partial charge in [0.2, 0.25) is 4.77 Å². The number of aromatic nitrogens is 3. The monoisotopic (exact) mass is 364 g/mol. The molecule has 126 valence electrons. The molecule has 6 nitrogen and oxygen atoms in total. The van der Waals surface area contributed by atoms with Gasteiger partial charge in [0.1, 0.15) is 17.3 Å². The molecule has 0 spiro atoms. The summed E-state index contributed by atoms with van der Waals surface area (Å²) in [6.07, 6.45) is 0.772. The van der Waals surface area contributed by atoms with E-state index in [1.54, 1.807) is 11.8 Å². The van der Waals surface area contributed by atoms with Crippen LogP contribution in [0.1, 0.15) is 18.5 Å². The number of methoxy groups -OCH3 is 1. The zero-order valence-corrected chi connectivity index (χ0v) is 14.9. The number of halogens is 1. The topological polar surface area (TPSA) is 68.0 Å². The first-order valence-corrected chi connectivity index (χ1v) is 8.23. The number of benzene rings is 1. The second-order valence-corrected chi connectivity index (χ2v) is 5.88. The number of furan rings is 1. The van der Waals surface area contributed by atoms with Crippen molar-refractivity contribution >= 4 is 23.8 Å². The van der Waals surface area contributed by atoms with Gasteiger partial charge in [0.05, 0.1) is 18.7 Å². The van der Waals surface area contributed by atoms with Crippen LogP contribution in [0.2, 0.25) is 5.02 Å². The average molecular weight is 365 g/mol. The van der Waals surface area contributed by atoms with Gasteiger partial charge in [-0.05, 0) is 42.5 Å². The maximum atomic E-state index is 6.16. The van der Waals surface area contributed by atoms with Crippen LogP contribution in [0.3, 0.4) is 0 Å². The van der Waals surface area contributed by atoms with Crippen molar-refractivity contribution in [2.75, 3.05) is 12.5 Å². The van der Waals surface area contributed by atoms with E-state index < -0.39 is 0 Å². The molecule has 2 aromatic heterocycles. The minimum absolute atomic E-state index is 0.491. The number of H-pyrrole nitrogens is 1. The van der Waals surface area contributed by atoms with Gasteiger partial charge in [-0.15, -0.1) is 0 Å². The third-order valence-electron chi connectivity index (χ3n) is 3.57. The summed E-state index contributed by atoms with van der Waals surface area (Å²) in [5.74, 6) is 2.99. The van der Waals surface area contributed by atoms with Gasteiger partial charge in [0, 0.05) is 12.0 Å². The van der Waals surface area contributed by atoms with Crippen molar-refractivity contribution < 1.29 is 9.15 Å².